The molecule has 1 heterocycles. The average molecular weight is 437 g/mol. The number of guanidine groups is 1. The molecule has 11 heteroatoms. The number of rotatable bonds is 7. The number of aromatic hydroxyl groups is 1. The lowest BCUT2D eigenvalue weighted by Crippen LogP contribution is -2.45. The Morgan fingerprint density at radius 3 is 2.55 bits per heavy atom. The summed E-state index contributed by atoms with van der Waals surface area (Å²) in [5.74, 6) is 0.830. The molecule has 0 aromatic heterocycles. The highest BCUT2D eigenvalue weighted by Crippen LogP contribution is 2.30. The minimum absolute atomic E-state index is 0.0243. The van der Waals surface area contributed by atoms with Gasteiger partial charge in [-0.05, 0) is 49.8 Å². The van der Waals surface area contributed by atoms with E-state index < -0.39 is 15.5 Å². The Hall–Kier alpha value is -2.01. The molecule has 0 radical (unpaired) electrons. The van der Waals surface area contributed by atoms with Gasteiger partial charge in [-0.15, -0.1) is 0 Å². The average Bonchev–Trinajstić information content (AvgIpc) is 2.65. The molecule has 2 rings (SSSR count). The van der Waals surface area contributed by atoms with Gasteiger partial charge in [0.05, 0.1) is 0 Å². The van der Waals surface area contributed by atoms with Gasteiger partial charge in [-0.25, -0.2) is 8.42 Å². The van der Waals surface area contributed by atoms with Crippen molar-refractivity contribution < 1.29 is 26.7 Å². The molecule has 1 saturated heterocycles. The molecule has 0 atom stereocenters. The number of hydrogen-bond acceptors (Lipinski definition) is 4. The van der Waals surface area contributed by atoms with Gasteiger partial charge in [-0.1, -0.05) is 12.1 Å². The Morgan fingerprint density at radius 2 is 1.97 bits per heavy atom. The SMILES string of the molecule is CCNC(=NCC1CCN(S(=O)(=O)C(F)(F)F)CC1)NCCc1cccc(O)c1. The predicted octanol–water partition coefficient (Wildman–Crippen LogP) is 2.05. The second-order valence-corrected chi connectivity index (χ2v) is 8.79. The fraction of sp³-hybridized carbons (Fsp3) is 0.611. The van der Waals surface area contributed by atoms with Crippen molar-refractivity contribution in [3.8, 4) is 5.75 Å². The van der Waals surface area contributed by atoms with Crippen molar-refractivity contribution >= 4 is 16.0 Å². The number of halogens is 3. The highest BCUT2D eigenvalue weighted by Gasteiger charge is 2.50. The molecular formula is C18H27F3N4O3S. The van der Waals surface area contributed by atoms with E-state index in [9.17, 15) is 26.7 Å². The van der Waals surface area contributed by atoms with Gasteiger partial charge >= 0.3 is 15.5 Å². The predicted molar refractivity (Wildman–Crippen MR) is 105 cm³/mol. The van der Waals surface area contributed by atoms with E-state index in [2.05, 4.69) is 15.6 Å². The van der Waals surface area contributed by atoms with E-state index in [0.29, 0.717) is 49.2 Å². The van der Waals surface area contributed by atoms with Gasteiger partial charge in [-0.2, -0.15) is 17.5 Å². The first-order valence-electron chi connectivity index (χ1n) is 9.50. The number of piperidine rings is 1. The summed E-state index contributed by atoms with van der Waals surface area (Å²) in [6.07, 6.45) is 1.36. The van der Waals surface area contributed by atoms with E-state index in [0.717, 1.165) is 5.56 Å². The smallest absolute Gasteiger partial charge is 0.508 e. The molecular weight excluding hydrogens is 409 g/mol. The van der Waals surface area contributed by atoms with Crippen LogP contribution in [0.4, 0.5) is 13.2 Å². The van der Waals surface area contributed by atoms with E-state index in [1.165, 1.54) is 0 Å². The Morgan fingerprint density at radius 1 is 1.28 bits per heavy atom. The van der Waals surface area contributed by atoms with Crippen molar-refractivity contribution in [2.45, 2.75) is 31.7 Å². The van der Waals surface area contributed by atoms with Crippen molar-refractivity contribution in [3.05, 3.63) is 29.8 Å². The van der Waals surface area contributed by atoms with Crippen LogP contribution < -0.4 is 10.6 Å². The van der Waals surface area contributed by atoms with Crippen molar-refractivity contribution in [1.29, 1.82) is 0 Å². The number of aliphatic imine (C=N–C) groups is 1. The topological polar surface area (TPSA) is 94.0 Å². The minimum atomic E-state index is -5.25. The quantitative estimate of drug-likeness (QED) is 0.449. The molecule has 0 unspecified atom stereocenters. The maximum absolute atomic E-state index is 12.6. The zero-order valence-electron chi connectivity index (χ0n) is 16.2. The summed E-state index contributed by atoms with van der Waals surface area (Å²) in [5.41, 5.74) is -4.28. The van der Waals surface area contributed by atoms with Gasteiger partial charge < -0.3 is 15.7 Å². The molecule has 1 aliphatic heterocycles. The van der Waals surface area contributed by atoms with Crippen molar-refractivity contribution in [2.75, 3.05) is 32.7 Å². The van der Waals surface area contributed by atoms with Crippen molar-refractivity contribution in [2.24, 2.45) is 10.9 Å². The second kappa shape index (κ2) is 10.1. The fourth-order valence-electron chi connectivity index (χ4n) is 3.08. The number of phenolic OH excluding ortho intramolecular Hbond substituents is 1. The normalized spacial score (nSPS) is 17.3. The summed E-state index contributed by atoms with van der Waals surface area (Å²) in [5, 5.41) is 15.8. The van der Waals surface area contributed by atoms with E-state index in [-0.39, 0.29) is 24.8 Å². The summed E-state index contributed by atoms with van der Waals surface area (Å²) < 4.78 is 61.3. The van der Waals surface area contributed by atoms with Gasteiger partial charge in [0.25, 0.3) is 0 Å². The molecule has 164 valence electrons. The zero-order chi connectivity index (χ0) is 21.5. The van der Waals surface area contributed by atoms with Crippen LogP contribution in [0, 0.1) is 5.92 Å². The highest BCUT2D eigenvalue weighted by molar-refractivity contribution is 7.90. The lowest BCUT2D eigenvalue weighted by Gasteiger charge is -2.30. The lowest BCUT2D eigenvalue weighted by atomic mass is 9.98. The first-order chi connectivity index (χ1) is 13.6. The van der Waals surface area contributed by atoms with E-state index in [1.807, 2.05) is 13.0 Å². The Labute approximate surface area is 169 Å². The third kappa shape index (κ3) is 6.77. The van der Waals surface area contributed by atoms with Crippen LogP contribution >= 0.6 is 0 Å². The third-order valence-corrected chi connectivity index (χ3v) is 6.30. The molecule has 3 N–H and O–H groups in total. The number of alkyl halides is 3. The van der Waals surface area contributed by atoms with Crippen LogP contribution in [-0.4, -0.2) is 62.0 Å². The zero-order valence-corrected chi connectivity index (χ0v) is 17.1. The van der Waals surface area contributed by atoms with Gasteiger partial charge in [-0.3, -0.25) is 4.99 Å². The van der Waals surface area contributed by atoms with Crippen molar-refractivity contribution in [3.63, 3.8) is 0 Å². The van der Waals surface area contributed by atoms with Crippen LogP contribution in [0.3, 0.4) is 0 Å². The maximum Gasteiger partial charge on any atom is 0.511 e. The highest BCUT2D eigenvalue weighted by atomic mass is 32.2. The van der Waals surface area contributed by atoms with Crippen LogP contribution in [-0.2, 0) is 16.4 Å². The standard InChI is InChI=1S/C18H27F3N4O3S/c1-2-22-17(23-9-6-14-4-3-5-16(26)12-14)24-13-15-7-10-25(11-8-15)29(27,28)18(19,20)21/h3-5,12,15,26H,2,6-11,13H2,1H3,(H2,22,23,24). The lowest BCUT2D eigenvalue weighted by molar-refractivity contribution is -0.0496. The molecule has 29 heavy (non-hydrogen) atoms. The first kappa shape index (κ1) is 23.3. The fourth-order valence-corrected chi connectivity index (χ4v) is 4.06. The van der Waals surface area contributed by atoms with E-state index >= 15 is 0 Å². The first-order valence-corrected chi connectivity index (χ1v) is 10.9. The number of phenols is 1. The van der Waals surface area contributed by atoms with Crippen LogP contribution in [0.15, 0.2) is 29.3 Å². The van der Waals surface area contributed by atoms with Gasteiger partial charge in [0, 0.05) is 32.7 Å². The summed E-state index contributed by atoms with van der Waals surface area (Å²) in [6, 6.07) is 6.98. The molecule has 1 aromatic carbocycles. The molecule has 1 aliphatic rings. The Bertz CT molecular complexity index is 792. The van der Waals surface area contributed by atoms with Crippen LogP contribution in [0.5, 0.6) is 5.75 Å². The van der Waals surface area contributed by atoms with Crippen LogP contribution in [0.25, 0.3) is 0 Å². The molecule has 0 amide bonds. The molecule has 7 nitrogen and oxygen atoms in total. The Kier molecular flexibility index (Phi) is 8.14. The molecule has 0 saturated carbocycles. The monoisotopic (exact) mass is 436 g/mol. The number of hydrogen-bond donors (Lipinski definition) is 3. The van der Waals surface area contributed by atoms with Gasteiger partial charge in [0.2, 0.25) is 0 Å². The molecule has 0 spiro atoms. The van der Waals surface area contributed by atoms with Crippen LogP contribution in [0.1, 0.15) is 25.3 Å². The molecule has 0 aliphatic carbocycles. The number of nitrogens with one attached hydrogen (secondary N) is 2. The third-order valence-electron chi connectivity index (χ3n) is 4.67. The van der Waals surface area contributed by atoms with Gasteiger partial charge in [0.1, 0.15) is 5.75 Å². The van der Waals surface area contributed by atoms with Gasteiger partial charge in [0.15, 0.2) is 5.96 Å². The summed E-state index contributed by atoms with van der Waals surface area (Å²) in [7, 11) is -5.25. The molecule has 1 fully saturated rings. The van der Waals surface area contributed by atoms with E-state index in [1.54, 1.807) is 18.2 Å². The summed E-state index contributed by atoms with van der Waals surface area (Å²) >= 11 is 0. The number of sulfonamides is 1. The maximum atomic E-state index is 12.6. The number of nitrogens with zero attached hydrogens (tertiary/aromatic N) is 2. The van der Waals surface area contributed by atoms with E-state index in [4.69, 9.17) is 0 Å². The molecule has 1 aromatic rings. The molecule has 0 bridgehead atoms. The number of benzene rings is 1. The van der Waals surface area contributed by atoms with Crippen LogP contribution in [0.2, 0.25) is 0 Å². The summed E-state index contributed by atoms with van der Waals surface area (Å²) in [4.78, 5) is 4.48. The minimum Gasteiger partial charge on any atom is -0.508 e. The summed E-state index contributed by atoms with van der Waals surface area (Å²) in [6.45, 7) is 3.28. The van der Waals surface area contributed by atoms with Crippen molar-refractivity contribution in [1.82, 2.24) is 14.9 Å². The largest absolute Gasteiger partial charge is 0.511 e. The Balaban J connectivity index is 1.83. The second-order valence-electron chi connectivity index (χ2n) is 6.86.